The predicted molar refractivity (Wildman–Crippen MR) is 97.0 cm³/mol. The predicted octanol–water partition coefficient (Wildman–Crippen LogP) is 6.18. The van der Waals surface area contributed by atoms with Crippen molar-refractivity contribution < 1.29 is 5.11 Å². The highest BCUT2D eigenvalue weighted by Gasteiger charge is 2.48. The normalized spacial score (nSPS) is 29.5. The lowest BCUT2D eigenvalue weighted by atomic mass is 9.62. The molecule has 2 aliphatic carbocycles. The summed E-state index contributed by atoms with van der Waals surface area (Å²) in [6.07, 6.45) is 9.43. The second-order valence-electron chi connectivity index (χ2n) is 8.01. The number of rotatable bonds is 3. The topological polar surface area (TPSA) is 20.2 Å². The number of aromatic hydroxyl groups is 1. The van der Waals surface area contributed by atoms with E-state index >= 15 is 0 Å². The largest absolute Gasteiger partial charge is 0.508 e. The van der Waals surface area contributed by atoms with Gasteiger partial charge in [-0.1, -0.05) is 44.9 Å². The van der Waals surface area contributed by atoms with Gasteiger partial charge in [-0.3, -0.25) is 0 Å². The Morgan fingerprint density at radius 3 is 2.87 bits per heavy atom. The molecule has 23 heavy (non-hydrogen) atoms. The van der Waals surface area contributed by atoms with Crippen LogP contribution in [-0.2, 0) is 6.42 Å². The van der Waals surface area contributed by atoms with Crippen molar-refractivity contribution in [1.29, 1.82) is 0 Å². The first kappa shape index (κ1) is 15.1. The summed E-state index contributed by atoms with van der Waals surface area (Å²) in [5.74, 6) is 2.03. The summed E-state index contributed by atoms with van der Waals surface area (Å²) in [7, 11) is 0. The third kappa shape index (κ3) is 2.28. The van der Waals surface area contributed by atoms with Crippen LogP contribution in [0.25, 0.3) is 10.8 Å². The van der Waals surface area contributed by atoms with Gasteiger partial charge in [0.25, 0.3) is 0 Å². The average molecular weight is 308 g/mol. The first-order valence-corrected chi connectivity index (χ1v) is 9.38. The molecule has 1 saturated carbocycles. The van der Waals surface area contributed by atoms with Gasteiger partial charge in [0, 0.05) is 0 Å². The highest BCUT2D eigenvalue weighted by molar-refractivity contribution is 5.88. The molecule has 0 aromatic heterocycles. The van der Waals surface area contributed by atoms with Crippen molar-refractivity contribution in [2.45, 2.75) is 64.7 Å². The molecule has 0 aliphatic heterocycles. The summed E-state index contributed by atoms with van der Waals surface area (Å²) in [6, 6.07) is 10.5. The first-order valence-electron chi connectivity index (χ1n) is 9.38. The molecule has 1 fully saturated rings. The molecule has 0 amide bonds. The summed E-state index contributed by atoms with van der Waals surface area (Å²) < 4.78 is 0. The Morgan fingerprint density at radius 1 is 1.17 bits per heavy atom. The minimum Gasteiger partial charge on any atom is -0.508 e. The zero-order valence-corrected chi connectivity index (χ0v) is 14.4. The third-order valence-corrected chi connectivity index (χ3v) is 6.88. The van der Waals surface area contributed by atoms with Crippen LogP contribution in [-0.4, -0.2) is 5.11 Å². The molecule has 0 saturated heterocycles. The maximum absolute atomic E-state index is 9.74. The fraction of sp³-hybridized carbons (Fsp3) is 0.545. The number of benzene rings is 2. The smallest absolute Gasteiger partial charge is 0.116 e. The van der Waals surface area contributed by atoms with E-state index in [1.807, 2.05) is 12.1 Å². The SMILES string of the molecule is CCCC[C@H]1CC[C@H]2c3ccc4cc(O)ccc4c3CC[C@]12C. The zero-order chi connectivity index (χ0) is 16.0. The molecule has 122 valence electrons. The van der Waals surface area contributed by atoms with E-state index in [1.54, 1.807) is 11.1 Å². The van der Waals surface area contributed by atoms with Crippen molar-refractivity contribution in [2.75, 3.05) is 0 Å². The second-order valence-corrected chi connectivity index (χ2v) is 8.01. The van der Waals surface area contributed by atoms with Gasteiger partial charge in [-0.25, -0.2) is 0 Å². The van der Waals surface area contributed by atoms with E-state index in [0.717, 1.165) is 11.8 Å². The molecule has 2 aromatic rings. The van der Waals surface area contributed by atoms with Gasteiger partial charge in [-0.2, -0.15) is 0 Å². The van der Waals surface area contributed by atoms with Gasteiger partial charge in [0.15, 0.2) is 0 Å². The maximum Gasteiger partial charge on any atom is 0.116 e. The lowest BCUT2D eigenvalue weighted by Gasteiger charge is -2.42. The van der Waals surface area contributed by atoms with E-state index in [2.05, 4.69) is 32.0 Å². The van der Waals surface area contributed by atoms with E-state index in [1.165, 1.54) is 55.7 Å². The fourth-order valence-electron chi connectivity index (χ4n) is 5.52. The molecule has 2 aromatic carbocycles. The lowest BCUT2D eigenvalue weighted by Crippen LogP contribution is -2.32. The summed E-state index contributed by atoms with van der Waals surface area (Å²) in [5, 5.41) is 12.3. The van der Waals surface area contributed by atoms with Gasteiger partial charge >= 0.3 is 0 Å². The van der Waals surface area contributed by atoms with E-state index in [9.17, 15) is 5.11 Å². The first-order chi connectivity index (χ1) is 11.1. The Bertz CT molecular complexity index is 732. The molecule has 3 atom stereocenters. The number of hydrogen-bond acceptors (Lipinski definition) is 1. The van der Waals surface area contributed by atoms with E-state index in [0.29, 0.717) is 11.2 Å². The Balaban J connectivity index is 1.75. The molecule has 0 unspecified atom stereocenters. The second kappa shape index (κ2) is 5.54. The summed E-state index contributed by atoms with van der Waals surface area (Å²) >= 11 is 0. The van der Waals surface area contributed by atoms with Crippen molar-refractivity contribution >= 4 is 10.8 Å². The molecular formula is C22H28O. The monoisotopic (exact) mass is 308 g/mol. The van der Waals surface area contributed by atoms with Gasteiger partial charge in [-0.15, -0.1) is 0 Å². The number of phenols is 1. The molecule has 1 nitrogen and oxygen atoms in total. The lowest BCUT2D eigenvalue weighted by molar-refractivity contribution is 0.162. The molecule has 0 radical (unpaired) electrons. The molecule has 4 rings (SSSR count). The van der Waals surface area contributed by atoms with Crippen LogP contribution in [0.1, 0.15) is 69.4 Å². The van der Waals surface area contributed by atoms with Crippen LogP contribution < -0.4 is 0 Å². The van der Waals surface area contributed by atoms with Crippen molar-refractivity contribution in [1.82, 2.24) is 0 Å². The van der Waals surface area contributed by atoms with Crippen LogP contribution in [0.15, 0.2) is 30.3 Å². The molecule has 0 bridgehead atoms. The van der Waals surface area contributed by atoms with Crippen LogP contribution in [0.3, 0.4) is 0 Å². The zero-order valence-electron chi connectivity index (χ0n) is 14.4. The molecular weight excluding hydrogens is 280 g/mol. The molecule has 1 heteroatoms. The van der Waals surface area contributed by atoms with Gasteiger partial charge in [0.1, 0.15) is 5.75 Å². The van der Waals surface area contributed by atoms with Gasteiger partial charge in [0.2, 0.25) is 0 Å². The van der Waals surface area contributed by atoms with Crippen molar-refractivity contribution in [3.05, 3.63) is 41.5 Å². The number of unbranched alkanes of at least 4 members (excludes halogenated alkanes) is 1. The Hall–Kier alpha value is -1.50. The average Bonchev–Trinajstić information content (AvgIpc) is 2.89. The summed E-state index contributed by atoms with van der Waals surface area (Å²) in [5.41, 5.74) is 3.67. The Morgan fingerprint density at radius 2 is 2.04 bits per heavy atom. The highest BCUT2D eigenvalue weighted by atomic mass is 16.3. The van der Waals surface area contributed by atoms with Crippen molar-refractivity contribution in [3.63, 3.8) is 0 Å². The molecule has 0 heterocycles. The fourth-order valence-corrected chi connectivity index (χ4v) is 5.52. The van der Waals surface area contributed by atoms with Gasteiger partial charge < -0.3 is 5.11 Å². The third-order valence-electron chi connectivity index (χ3n) is 6.88. The van der Waals surface area contributed by atoms with Crippen LogP contribution >= 0.6 is 0 Å². The van der Waals surface area contributed by atoms with Crippen molar-refractivity contribution in [2.24, 2.45) is 11.3 Å². The molecule has 2 aliphatic rings. The molecule has 0 spiro atoms. The van der Waals surface area contributed by atoms with E-state index < -0.39 is 0 Å². The number of fused-ring (bicyclic) bond motifs is 5. The van der Waals surface area contributed by atoms with Crippen LogP contribution in [0.5, 0.6) is 5.75 Å². The Labute approximate surface area is 139 Å². The van der Waals surface area contributed by atoms with Crippen molar-refractivity contribution in [3.8, 4) is 5.75 Å². The van der Waals surface area contributed by atoms with Crippen LogP contribution in [0.2, 0.25) is 0 Å². The number of phenolic OH excluding ortho intramolecular Hbond substituents is 1. The maximum atomic E-state index is 9.74. The number of hydrogen-bond donors (Lipinski definition) is 1. The van der Waals surface area contributed by atoms with Gasteiger partial charge in [-0.05, 0) is 83.4 Å². The minimum absolute atomic E-state index is 0.374. The minimum atomic E-state index is 0.374. The number of aryl methyl sites for hydroxylation is 1. The quantitative estimate of drug-likeness (QED) is 0.717. The summed E-state index contributed by atoms with van der Waals surface area (Å²) in [4.78, 5) is 0. The Kier molecular flexibility index (Phi) is 3.63. The highest BCUT2D eigenvalue weighted by Crippen LogP contribution is 2.60. The van der Waals surface area contributed by atoms with Crippen LogP contribution in [0, 0.1) is 11.3 Å². The van der Waals surface area contributed by atoms with E-state index in [4.69, 9.17) is 0 Å². The summed E-state index contributed by atoms with van der Waals surface area (Å²) in [6.45, 7) is 4.88. The van der Waals surface area contributed by atoms with Gasteiger partial charge in [0.05, 0.1) is 0 Å². The van der Waals surface area contributed by atoms with Crippen LogP contribution in [0.4, 0.5) is 0 Å². The molecule has 1 N–H and O–H groups in total. The van der Waals surface area contributed by atoms with E-state index in [-0.39, 0.29) is 0 Å². The standard InChI is InChI=1S/C22H28O/c1-3-4-5-16-7-11-21-20-9-6-15-14-17(23)8-10-18(15)19(20)12-13-22(16,21)2/h6,8-10,14,16,21,23H,3-5,7,11-13H2,1-2H3/t16-,21-,22+/m0/s1.